The molecule has 1 aliphatic heterocycles. The van der Waals surface area contributed by atoms with Crippen molar-refractivity contribution in [3.05, 3.63) is 58.9 Å². The molecule has 1 atom stereocenters. The Kier molecular flexibility index (Phi) is 5.40. The van der Waals surface area contributed by atoms with Gasteiger partial charge in [0.15, 0.2) is 11.5 Å². The molecule has 30 heavy (non-hydrogen) atoms. The van der Waals surface area contributed by atoms with Crippen molar-refractivity contribution in [2.24, 2.45) is 0 Å². The summed E-state index contributed by atoms with van der Waals surface area (Å²) in [6.45, 7) is 1.60. The van der Waals surface area contributed by atoms with Crippen LogP contribution in [0.1, 0.15) is 16.6 Å². The maximum atomic E-state index is 12.7. The molecule has 2 heterocycles. The van der Waals surface area contributed by atoms with E-state index in [1.807, 2.05) is 30.3 Å². The Bertz CT molecular complexity index is 1070. The average molecular weight is 428 g/mol. The quantitative estimate of drug-likeness (QED) is 0.598. The van der Waals surface area contributed by atoms with E-state index in [1.54, 1.807) is 24.1 Å². The Morgan fingerprint density at radius 2 is 1.93 bits per heavy atom. The molecule has 1 aliphatic rings. The normalized spacial score (nSPS) is 16.0. The van der Waals surface area contributed by atoms with Gasteiger partial charge < -0.3 is 14.7 Å². The molecule has 9 nitrogen and oxygen atoms in total. The highest BCUT2D eigenvalue weighted by atomic mass is 32.2. The molecule has 4 rings (SSSR count). The van der Waals surface area contributed by atoms with Gasteiger partial charge in [0.05, 0.1) is 31.2 Å². The van der Waals surface area contributed by atoms with Crippen LogP contribution < -0.4 is 19.8 Å². The van der Waals surface area contributed by atoms with Crippen molar-refractivity contribution in [3.8, 4) is 22.8 Å². The SMILES string of the molecule is COc1cc(NN2C(=O)CSC2c2ccccc2)c(-c2no[n+]([O-])c2C)cc1OC. The first kappa shape index (κ1) is 19.9. The first-order chi connectivity index (χ1) is 14.5. The second kappa shape index (κ2) is 8.15. The molecule has 1 saturated heterocycles. The first-order valence-corrected chi connectivity index (χ1v) is 10.2. The van der Waals surface area contributed by atoms with Crippen LogP contribution in [-0.2, 0) is 4.79 Å². The predicted molar refractivity (Wildman–Crippen MR) is 111 cm³/mol. The molecule has 0 spiro atoms. The number of nitrogens with zero attached hydrogens (tertiary/aromatic N) is 3. The van der Waals surface area contributed by atoms with Gasteiger partial charge in [0.1, 0.15) is 5.37 Å². The third-order valence-corrected chi connectivity index (χ3v) is 6.01. The van der Waals surface area contributed by atoms with Gasteiger partial charge in [0, 0.05) is 18.1 Å². The third-order valence-electron chi connectivity index (χ3n) is 4.80. The summed E-state index contributed by atoms with van der Waals surface area (Å²) in [5, 5.41) is 17.0. The second-order valence-corrected chi connectivity index (χ2v) is 7.63. The maximum absolute atomic E-state index is 12.7. The number of aromatic nitrogens is 2. The van der Waals surface area contributed by atoms with Crippen molar-refractivity contribution in [1.29, 1.82) is 0 Å². The van der Waals surface area contributed by atoms with Gasteiger partial charge in [-0.2, -0.15) is 0 Å². The van der Waals surface area contributed by atoms with E-state index >= 15 is 0 Å². The maximum Gasteiger partial charge on any atom is 0.253 e. The number of carbonyl (C=O) groups excluding carboxylic acids is 1. The minimum absolute atomic E-state index is 0.0645. The van der Waals surface area contributed by atoms with Crippen LogP contribution in [0.5, 0.6) is 11.5 Å². The molecular formula is C20H20N4O5S. The van der Waals surface area contributed by atoms with Gasteiger partial charge >= 0.3 is 0 Å². The van der Waals surface area contributed by atoms with Crippen LogP contribution in [-0.4, -0.2) is 36.0 Å². The summed E-state index contributed by atoms with van der Waals surface area (Å²) in [4.78, 5) is 13.0. The number of hydrogen-bond acceptors (Lipinski definition) is 8. The van der Waals surface area contributed by atoms with E-state index < -0.39 is 0 Å². The van der Waals surface area contributed by atoms with Crippen molar-refractivity contribution in [2.75, 3.05) is 25.4 Å². The fourth-order valence-corrected chi connectivity index (χ4v) is 4.35. The average Bonchev–Trinajstić information content (AvgIpc) is 3.30. The number of anilines is 1. The fraction of sp³-hybridized carbons (Fsp3) is 0.250. The zero-order chi connectivity index (χ0) is 21.3. The summed E-state index contributed by atoms with van der Waals surface area (Å²) in [5.74, 6) is 1.21. The Morgan fingerprint density at radius 3 is 2.57 bits per heavy atom. The summed E-state index contributed by atoms with van der Waals surface area (Å²) in [7, 11) is 3.04. The molecule has 0 bridgehead atoms. The summed E-state index contributed by atoms with van der Waals surface area (Å²) < 4.78 is 15.6. The van der Waals surface area contributed by atoms with E-state index in [0.717, 1.165) is 5.56 Å². The van der Waals surface area contributed by atoms with Gasteiger partial charge in [-0.05, 0) is 16.5 Å². The van der Waals surface area contributed by atoms with Crippen LogP contribution in [0.2, 0.25) is 0 Å². The Labute approximate surface area is 177 Å². The molecule has 1 aromatic heterocycles. The van der Waals surface area contributed by atoms with Crippen LogP contribution >= 0.6 is 11.8 Å². The number of methoxy groups -OCH3 is 2. The van der Waals surface area contributed by atoms with E-state index in [0.29, 0.717) is 39.1 Å². The fourth-order valence-electron chi connectivity index (χ4n) is 3.24. The largest absolute Gasteiger partial charge is 0.493 e. The number of hydrazine groups is 1. The number of benzene rings is 2. The molecule has 0 aliphatic carbocycles. The molecule has 1 fully saturated rings. The van der Waals surface area contributed by atoms with Gasteiger partial charge in [-0.25, -0.2) is 5.01 Å². The van der Waals surface area contributed by atoms with Gasteiger partial charge in [-0.3, -0.25) is 14.8 Å². The van der Waals surface area contributed by atoms with Crippen molar-refractivity contribution >= 4 is 23.4 Å². The lowest BCUT2D eigenvalue weighted by atomic mass is 10.1. The summed E-state index contributed by atoms with van der Waals surface area (Å²) in [6.07, 6.45) is 0. The number of rotatable bonds is 6. The van der Waals surface area contributed by atoms with Gasteiger partial charge in [0.25, 0.3) is 11.6 Å². The van der Waals surface area contributed by atoms with Crippen molar-refractivity contribution < 1.29 is 23.8 Å². The Balaban J connectivity index is 1.79. The van der Waals surface area contributed by atoms with Crippen LogP contribution in [0, 0.1) is 12.1 Å². The zero-order valence-corrected chi connectivity index (χ0v) is 17.4. The standard InChI is InChI=1S/C20H20N4O5S/c1-12-19(22-29-24(12)26)14-9-16(27-2)17(28-3)10-15(14)21-23-18(25)11-30-20(23)13-7-5-4-6-8-13/h4-10,20-21H,11H2,1-3H3. The molecule has 1 amide bonds. The number of thioether (sulfide) groups is 1. The highest BCUT2D eigenvalue weighted by molar-refractivity contribution is 8.00. The summed E-state index contributed by atoms with van der Waals surface area (Å²) in [5.41, 5.74) is 5.89. The van der Waals surface area contributed by atoms with E-state index in [4.69, 9.17) is 14.1 Å². The molecule has 0 radical (unpaired) electrons. The lowest BCUT2D eigenvalue weighted by molar-refractivity contribution is -0.806. The second-order valence-electron chi connectivity index (χ2n) is 6.57. The monoisotopic (exact) mass is 428 g/mol. The molecule has 1 N–H and O–H groups in total. The van der Waals surface area contributed by atoms with Crippen molar-refractivity contribution in [2.45, 2.75) is 12.3 Å². The molecule has 2 aromatic carbocycles. The van der Waals surface area contributed by atoms with E-state index in [1.165, 1.54) is 26.0 Å². The van der Waals surface area contributed by atoms with Crippen LogP contribution in [0.3, 0.4) is 0 Å². The lowest BCUT2D eigenvalue weighted by Crippen LogP contribution is -2.34. The molecular weight excluding hydrogens is 408 g/mol. The lowest BCUT2D eigenvalue weighted by Gasteiger charge is -2.27. The Hall–Kier alpha value is -3.40. The minimum Gasteiger partial charge on any atom is -0.493 e. The van der Waals surface area contributed by atoms with Crippen LogP contribution in [0.4, 0.5) is 5.69 Å². The molecule has 156 valence electrons. The van der Waals surface area contributed by atoms with E-state index in [9.17, 15) is 10.0 Å². The molecule has 1 unspecified atom stereocenters. The van der Waals surface area contributed by atoms with Gasteiger partial charge in [-0.15, -0.1) is 11.8 Å². The van der Waals surface area contributed by atoms with E-state index in [2.05, 4.69) is 10.6 Å². The highest BCUT2D eigenvalue weighted by Crippen LogP contribution is 2.42. The molecule has 0 saturated carbocycles. The van der Waals surface area contributed by atoms with E-state index in [-0.39, 0.29) is 17.0 Å². The summed E-state index contributed by atoms with van der Waals surface area (Å²) in [6, 6.07) is 13.1. The van der Waals surface area contributed by atoms with Crippen molar-refractivity contribution in [1.82, 2.24) is 10.2 Å². The number of carbonyl (C=O) groups is 1. The van der Waals surface area contributed by atoms with Crippen molar-refractivity contribution in [3.63, 3.8) is 0 Å². The number of nitrogens with one attached hydrogen (secondary N) is 1. The smallest absolute Gasteiger partial charge is 0.253 e. The third kappa shape index (κ3) is 3.50. The topological polar surface area (TPSA) is 104 Å². The van der Waals surface area contributed by atoms with Gasteiger partial charge in [0.2, 0.25) is 5.69 Å². The Morgan fingerprint density at radius 1 is 1.23 bits per heavy atom. The highest BCUT2D eigenvalue weighted by Gasteiger charge is 2.34. The predicted octanol–water partition coefficient (Wildman–Crippen LogP) is 2.90. The minimum atomic E-state index is -0.206. The number of amides is 1. The van der Waals surface area contributed by atoms with Crippen LogP contribution in [0.15, 0.2) is 47.1 Å². The number of hydrogen-bond donors (Lipinski definition) is 1. The zero-order valence-electron chi connectivity index (χ0n) is 16.6. The van der Waals surface area contributed by atoms with Crippen LogP contribution in [0.25, 0.3) is 11.3 Å². The molecule has 3 aromatic rings. The summed E-state index contributed by atoms with van der Waals surface area (Å²) >= 11 is 1.53. The molecule has 10 heteroatoms. The first-order valence-electron chi connectivity index (χ1n) is 9.11. The number of ether oxygens (including phenoxy) is 2. The van der Waals surface area contributed by atoms with Gasteiger partial charge in [-0.1, -0.05) is 30.3 Å².